The number of hydrogen-bond donors (Lipinski definition) is 2. The van der Waals surface area contributed by atoms with Gasteiger partial charge in [0.05, 0.1) is 0 Å². The first kappa shape index (κ1) is 18.0. The largest absolute Gasteiger partial charge is 0.371 e. The molecule has 1 saturated carbocycles. The molecule has 2 aromatic carbocycles. The maximum Gasteiger partial charge on any atom is 0.227 e. The quantitative estimate of drug-likeness (QED) is 0.813. The molecule has 1 amide bonds. The van der Waals surface area contributed by atoms with Gasteiger partial charge in [-0.2, -0.15) is 0 Å². The number of carbonyl (C=O) groups is 1. The standard InChI is InChI=1S/C22H26FN3O/c23-18-8-4-16(5-9-18)15-24-19-10-12-26(13-11-19)21-3-1-2-20(14-21)25-22(27)17-6-7-17/h1-5,8-9,14,17,19,24H,6-7,10-13,15H2,(H,25,27). The third-order valence-electron chi connectivity index (χ3n) is 5.43. The Labute approximate surface area is 159 Å². The van der Waals surface area contributed by atoms with Crippen LogP contribution in [-0.4, -0.2) is 25.0 Å². The third kappa shape index (κ3) is 4.86. The van der Waals surface area contributed by atoms with Crippen LogP contribution in [0.3, 0.4) is 0 Å². The second-order valence-corrected chi connectivity index (χ2v) is 7.58. The molecule has 1 aliphatic carbocycles. The zero-order chi connectivity index (χ0) is 18.6. The topological polar surface area (TPSA) is 44.4 Å². The van der Waals surface area contributed by atoms with Gasteiger partial charge in [-0.3, -0.25) is 4.79 Å². The van der Waals surface area contributed by atoms with E-state index in [9.17, 15) is 9.18 Å². The summed E-state index contributed by atoms with van der Waals surface area (Å²) in [7, 11) is 0. The van der Waals surface area contributed by atoms with E-state index in [1.54, 1.807) is 0 Å². The Morgan fingerprint density at radius 1 is 1.04 bits per heavy atom. The van der Waals surface area contributed by atoms with E-state index < -0.39 is 0 Å². The van der Waals surface area contributed by atoms with Crippen molar-refractivity contribution in [2.75, 3.05) is 23.3 Å². The van der Waals surface area contributed by atoms with Crippen molar-refractivity contribution in [3.05, 3.63) is 59.9 Å². The fraction of sp³-hybridized carbons (Fsp3) is 0.409. The van der Waals surface area contributed by atoms with Crippen LogP contribution in [0.5, 0.6) is 0 Å². The summed E-state index contributed by atoms with van der Waals surface area (Å²) in [5.41, 5.74) is 3.17. The molecule has 0 radical (unpaired) electrons. The fourth-order valence-electron chi connectivity index (χ4n) is 3.58. The normalized spacial score (nSPS) is 17.7. The number of amides is 1. The smallest absolute Gasteiger partial charge is 0.227 e. The molecule has 142 valence electrons. The van der Waals surface area contributed by atoms with Crippen molar-refractivity contribution in [1.82, 2.24) is 5.32 Å². The number of halogens is 1. The van der Waals surface area contributed by atoms with Crippen molar-refractivity contribution in [2.45, 2.75) is 38.3 Å². The van der Waals surface area contributed by atoms with Crippen molar-refractivity contribution in [1.29, 1.82) is 0 Å². The van der Waals surface area contributed by atoms with Crippen LogP contribution in [0.15, 0.2) is 48.5 Å². The van der Waals surface area contributed by atoms with Crippen LogP contribution in [0, 0.1) is 11.7 Å². The number of carbonyl (C=O) groups excluding carboxylic acids is 1. The summed E-state index contributed by atoms with van der Waals surface area (Å²) in [6.45, 7) is 2.75. The minimum absolute atomic E-state index is 0.149. The molecule has 0 aromatic heterocycles. The summed E-state index contributed by atoms with van der Waals surface area (Å²) in [4.78, 5) is 14.3. The lowest BCUT2D eigenvalue weighted by atomic mass is 10.0. The SMILES string of the molecule is O=C(Nc1cccc(N2CCC(NCc3ccc(F)cc3)CC2)c1)C1CC1. The van der Waals surface area contributed by atoms with E-state index in [2.05, 4.69) is 27.7 Å². The van der Waals surface area contributed by atoms with Gasteiger partial charge in [0.15, 0.2) is 0 Å². The maximum atomic E-state index is 13.0. The molecule has 4 nitrogen and oxygen atoms in total. The zero-order valence-corrected chi connectivity index (χ0v) is 15.5. The van der Waals surface area contributed by atoms with Gasteiger partial charge in [0.2, 0.25) is 5.91 Å². The first-order valence-corrected chi connectivity index (χ1v) is 9.81. The van der Waals surface area contributed by atoms with Crippen LogP contribution < -0.4 is 15.5 Å². The first-order valence-electron chi connectivity index (χ1n) is 9.81. The first-order chi connectivity index (χ1) is 13.2. The van der Waals surface area contributed by atoms with Gasteiger partial charge in [0.1, 0.15) is 5.82 Å². The molecule has 1 heterocycles. The van der Waals surface area contributed by atoms with E-state index in [-0.39, 0.29) is 17.6 Å². The molecule has 0 spiro atoms. The molecule has 2 N–H and O–H groups in total. The minimum atomic E-state index is -0.192. The Bertz CT molecular complexity index is 780. The number of benzene rings is 2. The van der Waals surface area contributed by atoms with Crippen molar-refractivity contribution in [3.63, 3.8) is 0 Å². The number of hydrogen-bond acceptors (Lipinski definition) is 3. The monoisotopic (exact) mass is 367 g/mol. The van der Waals surface area contributed by atoms with E-state index in [0.29, 0.717) is 6.04 Å². The number of rotatable bonds is 6. The van der Waals surface area contributed by atoms with E-state index in [4.69, 9.17) is 0 Å². The molecular formula is C22H26FN3O. The van der Waals surface area contributed by atoms with Crippen LogP contribution in [0.4, 0.5) is 15.8 Å². The maximum absolute atomic E-state index is 13.0. The lowest BCUT2D eigenvalue weighted by molar-refractivity contribution is -0.117. The summed E-state index contributed by atoms with van der Waals surface area (Å²) < 4.78 is 13.0. The van der Waals surface area contributed by atoms with Crippen LogP contribution in [0.25, 0.3) is 0 Å². The second kappa shape index (κ2) is 8.09. The average molecular weight is 367 g/mol. The number of nitrogens with one attached hydrogen (secondary N) is 2. The summed E-state index contributed by atoms with van der Waals surface area (Å²) in [6, 6.07) is 15.3. The summed E-state index contributed by atoms with van der Waals surface area (Å²) >= 11 is 0. The van der Waals surface area contributed by atoms with Gasteiger partial charge in [-0.05, 0) is 61.6 Å². The van der Waals surface area contributed by atoms with Gasteiger partial charge in [-0.25, -0.2) is 4.39 Å². The van der Waals surface area contributed by atoms with Gasteiger partial charge >= 0.3 is 0 Å². The number of piperidine rings is 1. The number of anilines is 2. The van der Waals surface area contributed by atoms with E-state index >= 15 is 0 Å². The predicted molar refractivity (Wildman–Crippen MR) is 106 cm³/mol. The Balaban J connectivity index is 1.27. The molecule has 27 heavy (non-hydrogen) atoms. The van der Waals surface area contributed by atoms with Crippen LogP contribution in [0.1, 0.15) is 31.2 Å². The highest BCUT2D eigenvalue weighted by Gasteiger charge is 2.29. The Morgan fingerprint density at radius 2 is 1.78 bits per heavy atom. The molecule has 1 saturated heterocycles. The molecule has 2 aromatic rings. The van der Waals surface area contributed by atoms with Crippen LogP contribution in [-0.2, 0) is 11.3 Å². The molecule has 4 rings (SSSR count). The summed E-state index contributed by atoms with van der Waals surface area (Å²) in [5, 5.41) is 6.61. The Kier molecular flexibility index (Phi) is 5.39. The van der Waals surface area contributed by atoms with Crippen molar-refractivity contribution < 1.29 is 9.18 Å². The molecule has 1 aliphatic heterocycles. The fourth-order valence-corrected chi connectivity index (χ4v) is 3.58. The lowest BCUT2D eigenvalue weighted by Gasteiger charge is -2.34. The molecule has 5 heteroatoms. The van der Waals surface area contributed by atoms with Crippen molar-refractivity contribution in [2.24, 2.45) is 5.92 Å². The lowest BCUT2D eigenvalue weighted by Crippen LogP contribution is -2.42. The van der Waals surface area contributed by atoms with Gasteiger partial charge < -0.3 is 15.5 Å². The van der Waals surface area contributed by atoms with E-state index in [1.807, 2.05) is 24.3 Å². The number of nitrogens with zero attached hydrogens (tertiary/aromatic N) is 1. The van der Waals surface area contributed by atoms with Crippen LogP contribution in [0.2, 0.25) is 0 Å². The van der Waals surface area contributed by atoms with Crippen LogP contribution >= 0.6 is 0 Å². The van der Waals surface area contributed by atoms with E-state index in [1.165, 1.54) is 17.8 Å². The summed E-state index contributed by atoms with van der Waals surface area (Å²) in [5.74, 6) is 0.176. The molecular weight excluding hydrogens is 341 g/mol. The van der Waals surface area contributed by atoms with Crippen molar-refractivity contribution in [3.8, 4) is 0 Å². The Morgan fingerprint density at radius 3 is 2.48 bits per heavy atom. The van der Waals surface area contributed by atoms with Gasteiger partial charge in [0, 0.05) is 43.0 Å². The molecule has 0 bridgehead atoms. The average Bonchev–Trinajstić information content (AvgIpc) is 3.54. The molecule has 2 fully saturated rings. The van der Waals surface area contributed by atoms with Gasteiger partial charge in [0.25, 0.3) is 0 Å². The van der Waals surface area contributed by atoms with E-state index in [0.717, 1.165) is 56.6 Å². The zero-order valence-electron chi connectivity index (χ0n) is 15.5. The third-order valence-corrected chi connectivity index (χ3v) is 5.43. The van der Waals surface area contributed by atoms with Gasteiger partial charge in [-0.15, -0.1) is 0 Å². The minimum Gasteiger partial charge on any atom is -0.371 e. The molecule has 0 unspecified atom stereocenters. The highest BCUT2D eigenvalue weighted by molar-refractivity contribution is 5.94. The highest BCUT2D eigenvalue weighted by Crippen LogP contribution is 2.31. The highest BCUT2D eigenvalue weighted by atomic mass is 19.1. The summed E-state index contributed by atoms with van der Waals surface area (Å²) in [6.07, 6.45) is 4.17. The Hall–Kier alpha value is -2.40. The molecule has 2 aliphatic rings. The predicted octanol–water partition coefficient (Wildman–Crippen LogP) is 3.93. The van der Waals surface area contributed by atoms with Gasteiger partial charge in [-0.1, -0.05) is 18.2 Å². The molecule has 0 atom stereocenters. The van der Waals surface area contributed by atoms with Crippen molar-refractivity contribution >= 4 is 17.3 Å². The second-order valence-electron chi connectivity index (χ2n) is 7.58.